The molecule has 2 heterocycles. The van der Waals surface area contributed by atoms with Crippen molar-refractivity contribution in [2.75, 3.05) is 26.2 Å². The van der Waals surface area contributed by atoms with Gasteiger partial charge < -0.3 is 9.47 Å². The van der Waals surface area contributed by atoms with Gasteiger partial charge in [0.1, 0.15) is 0 Å². The highest BCUT2D eigenvalue weighted by Gasteiger charge is 2.20. The van der Waals surface area contributed by atoms with Gasteiger partial charge in [-0.05, 0) is 74.4 Å². The predicted octanol–water partition coefficient (Wildman–Crippen LogP) is 4.31. The molecule has 0 unspecified atom stereocenters. The molecule has 158 valence electrons. The van der Waals surface area contributed by atoms with Gasteiger partial charge in [0.05, 0.1) is 11.6 Å². The van der Waals surface area contributed by atoms with Crippen LogP contribution in [0.5, 0.6) is 0 Å². The van der Waals surface area contributed by atoms with Gasteiger partial charge in [-0.15, -0.1) is 0 Å². The number of nitriles is 1. The lowest BCUT2D eigenvalue weighted by Crippen LogP contribution is -2.35. The zero-order valence-electron chi connectivity index (χ0n) is 18.2. The molecule has 0 bridgehead atoms. The first kappa shape index (κ1) is 20.9. The minimum atomic E-state index is 0.104. The smallest absolute Gasteiger partial charge is 0.253 e. The van der Waals surface area contributed by atoms with E-state index in [1.54, 1.807) is 0 Å². The van der Waals surface area contributed by atoms with Crippen molar-refractivity contribution in [3.8, 4) is 11.8 Å². The van der Waals surface area contributed by atoms with E-state index < -0.39 is 0 Å². The van der Waals surface area contributed by atoms with Crippen LogP contribution in [0, 0.1) is 25.2 Å². The van der Waals surface area contributed by atoms with Crippen LogP contribution in [0.4, 0.5) is 0 Å². The largest absolute Gasteiger partial charge is 0.337 e. The number of hydrogen-bond donors (Lipinski definition) is 0. The van der Waals surface area contributed by atoms with E-state index >= 15 is 0 Å². The molecule has 0 spiro atoms. The maximum absolute atomic E-state index is 13.1. The number of aromatic nitrogens is 1. The normalized spacial score (nSPS) is 14.8. The number of benzene rings is 2. The number of rotatable bonds is 4. The second-order valence-corrected chi connectivity index (χ2v) is 8.23. The van der Waals surface area contributed by atoms with E-state index in [1.807, 2.05) is 53.4 Å². The van der Waals surface area contributed by atoms with Crippen LogP contribution >= 0.6 is 0 Å². The molecule has 1 amide bonds. The van der Waals surface area contributed by atoms with E-state index in [4.69, 9.17) is 5.26 Å². The van der Waals surface area contributed by atoms with Gasteiger partial charge in [0.2, 0.25) is 0 Å². The maximum atomic E-state index is 13.1. The van der Waals surface area contributed by atoms with Crippen LogP contribution < -0.4 is 0 Å². The summed E-state index contributed by atoms with van der Waals surface area (Å²) in [5.74, 6) is 0.104. The van der Waals surface area contributed by atoms with E-state index in [0.717, 1.165) is 50.4 Å². The van der Waals surface area contributed by atoms with Crippen LogP contribution in [-0.2, 0) is 6.54 Å². The lowest BCUT2D eigenvalue weighted by atomic mass is 10.1. The summed E-state index contributed by atoms with van der Waals surface area (Å²) in [6.07, 6.45) is 0.960. The van der Waals surface area contributed by atoms with Gasteiger partial charge in [-0.1, -0.05) is 12.1 Å². The van der Waals surface area contributed by atoms with Crippen molar-refractivity contribution >= 4 is 5.91 Å². The first-order chi connectivity index (χ1) is 15.0. The molecule has 1 aliphatic rings. The summed E-state index contributed by atoms with van der Waals surface area (Å²) in [4.78, 5) is 17.4. The van der Waals surface area contributed by atoms with Gasteiger partial charge in [0, 0.05) is 55.4 Å². The molecule has 5 nitrogen and oxygen atoms in total. The molecule has 1 aromatic heterocycles. The standard InChI is InChI=1S/C26H28N4O/c1-20-4-5-21(2)30(20)25-12-10-24(11-13-25)26(31)29-15-3-14-28(16-17-29)19-23-8-6-22(18-27)7-9-23/h4-13H,3,14-17,19H2,1-2H3. The molecular formula is C26H28N4O. The highest BCUT2D eigenvalue weighted by molar-refractivity contribution is 5.94. The topological polar surface area (TPSA) is 52.3 Å². The summed E-state index contributed by atoms with van der Waals surface area (Å²) in [7, 11) is 0. The summed E-state index contributed by atoms with van der Waals surface area (Å²) in [5, 5.41) is 8.95. The van der Waals surface area contributed by atoms with Crippen LogP contribution in [0.25, 0.3) is 5.69 Å². The summed E-state index contributed by atoms with van der Waals surface area (Å²) in [6.45, 7) is 8.35. The van der Waals surface area contributed by atoms with Gasteiger partial charge in [-0.25, -0.2) is 0 Å². The molecule has 1 aliphatic heterocycles. The Bertz CT molecular complexity index is 1070. The van der Waals surface area contributed by atoms with E-state index in [1.165, 1.54) is 17.0 Å². The van der Waals surface area contributed by atoms with Crippen molar-refractivity contribution in [2.24, 2.45) is 0 Å². The Kier molecular flexibility index (Phi) is 6.20. The molecule has 2 aromatic carbocycles. The third kappa shape index (κ3) is 4.70. The molecule has 0 N–H and O–H groups in total. The Morgan fingerprint density at radius 3 is 2.19 bits per heavy atom. The Balaban J connectivity index is 1.38. The number of aryl methyl sites for hydroxylation is 2. The highest BCUT2D eigenvalue weighted by Crippen LogP contribution is 2.18. The number of hydrogen-bond acceptors (Lipinski definition) is 3. The van der Waals surface area contributed by atoms with Crippen molar-refractivity contribution in [3.05, 3.63) is 88.7 Å². The summed E-state index contributed by atoms with van der Waals surface area (Å²) >= 11 is 0. The molecule has 0 radical (unpaired) electrons. The number of nitrogens with zero attached hydrogens (tertiary/aromatic N) is 4. The number of amides is 1. The number of carbonyl (C=O) groups excluding carboxylic acids is 1. The lowest BCUT2D eigenvalue weighted by Gasteiger charge is -2.22. The molecule has 3 aromatic rings. The average molecular weight is 413 g/mol. The summed E-state index contributed by atoms with van der Waals surface area (Å²) in [6, 6.07) is 22.1. The van der Waals surface area contributed by atoms with Crippen molar-refractivity contribution in [3.63, 3.8) is 0 Å². The number of carbonyl (C=O) groups is 1. The molecule has 0 atom stereocenters. The molecule has 0 aliphatic carbocycles. The molecule has 5 heteroatoms. The van der Waals surface area contributed by atoms with Gasteiger partial charge in [-0.2, -0.15) is 5.26 Å². The van der Waals surface area contributed by atoms with Gasteiger partial charge in [-0.3, -0.25) is 9.69 Å². The van der Waals surface area contributed by atoms with Crippen LogP contribution in [0.15, 0.2) is 60.7 Å². The zero-order chi connectivity index (χ0) is 21.8. The lowest BCUT2D eigenvalue weighted by molar-refractivity contribution is 0.0761. The molecule has 1 fully saturated rings. The fraction of sp³-hybridized carbons (Fsp3) is 0.308. The molecule has 4 rings (SSSR count). The summed E-state index contributed by atoms with van der Waals surface area (Å²) < 4.78 is 2.20. The Hall–Kier alpha value is -3.36. The average Bonchev–Trinajstić information content (AvgIpc) is 2.98. The third-order valence-corrected chi connectivity index (χ3v) is 6.01. The first-order valence-corrected chi connectivity index (χ1v) is 10.8. The van der Waals surface area contributed by atoms with Crippen LogP contribution in [-0.4, -0.2) is 46.5 Å². The van der Waals surface area contributed by atoms with Crippen molar-refractivity contribution < 1.29 is 4.79 Å². The molecule has 0 saturated carbocycles. The monoisotopic (exact) mass is 412 g/mol. The van der Waals surface area contributed by atoms with Crippen molar-refractivity contribution in [1.82, 2.24) is 14.4 Å². The Labute approximate surface area is 184 Å². The third-order valence-electron chi connectivity index (χ3n) is 6.01. The van der Waals surface area contributed by atoms with Gasteiger partial charge in [0.15, 0.2) is 0 Å². The molecular weight excluding hydrogens is 384 g/mol. The van der Waals surface area contributed by atoms with Crippen molar-refractivity contribution in [1.29, 1.82) is 5.26 Å². The minimum absolute atomic E-state index is 0.104. The first-order valence-electron chi connectivity index (χ1n) is 10.8. The van der Waals surface area contributed by atoms with Gasteiger partial charge >= 0.3 is 0 Å². The van der Waals surface area contributed by atoms with Crippen LogP contribution in [0.1, 0.15) is 39.3 Å². The van der Waals surface area contributed by atoms with Crippen LogP contribution in [0.2, 0.25) is 0 Å². The molecule has 1 saturated heterocycles. The van der Waals surface area contributed by atoms with E-state index in [0.29, 0.717) is 5.56 Å². The predicted molar refractivity (Wildman–Crippen MR) is 122 cm³/mol. The fourth-order valence-corrected chi connectivity index (χ4v) is 4.29. The highest BCUT2D eigenvalue weighted by atomic mass is 16.2. The second-order valence-electron chi connectivity index (χ2n) is 8.23. The quantitative estimate of drug-likeness (QED) is 0.641. The molecule has 31 heavy (non-hydrogen) atoms. The van der Waals surface area contributed by atoms with Crippen LogP contribution in [0.3, 0.4) is 0 Å². The fourth-order valence-electron chi connectivity index (χ4n) is 4.29. The Morgan fingerprint density at radius 1 is 0.871 bits per heavy atom. The second kappa shape index (κ2) is 9.20. The summed E-state index contributed by atoms with van der Waals surface area (Å²) in [5.41, 5.74) is 6.08. The minimum Gasteiger partial charge on any atom is -0.337 e. The van der Waals surface area contributed by atoms with E-state index in [9.17, 15) is 4.79 Å². The van der Waals surface area contributed by atoms with Gasteiger partial charge in [0.25, 0.3) is 5.91 Å². The SMILES string of the molecule is Cc1ccc(C)n1-c1ccc(C(=O)N2CCCN(Cc3ccc(C#N)cc3)CC2)cc1. The van der Waals surface area contributed by atoms with E-state index in [-0.39, 0.29) is 5.91 Å². The van der Waals surface area contributed by atoms with E-state index in [2.05, 4.69) is 41.5 Å². The Morgan fingerprint density at radius 2 is 1.55 bits per heavy atom. The zero-order valence-corrected chi connectivity index (χ0v) is 18.2. The maximum Gasteiger partial charge on any atom is 0.253 e. The van der Waals surface area contributed by atoms with Crippen molar-refractivity contribution in [2.45, 2.75) is 26.8 Å².